The molecule has 0 N–H and O–H groups in total. The van der Waals surface area contributed by atoms with Crippen molar-refractivity contribution in [1.82, 2.24) is 0 Å². The fraction of sp³-hybridized carbons (Fsp3) is 1.00. The van der Waals surface area contributed by atoms with Gasteiger partial charge in [0.25, 0.3) is 0 Å². The highest BCUT2D eigenvalue weighted by Crippen LogP contribution is 2.36. The van der Waals surface area contributed by atoms with E-state index in [-0.39, 0.29) is 5.92 Å². The van der Waals surface area contributed by atoms with Gasteiger partial charge >= 0.3 is 0 Å². The van der Waals surface area contributed by atoms with Gasteiger partial charge in [0.1, 0.15) is 0 Å². The molecule has 0 radical (unpaired) electrons. The van der Waals surface area contributed by atoms with E-state index in [4.69, 9.17) is 0 Å². The van der Waals surface area contributed by atoms with Crippen molar-refractivity contribution in [2.45, 2.75) is 26.2 Å². The molecule has 0 aromatic carbocycles. The van der Waals surface area contributed by atoms with Crippen LogP contribution in [0.4, 0.5) is 8.78 Å². The van der Waals surface area contributed by atoms with Gasteiger partial charge in [0.05, 0.1) is 0 Å². The molecule has 0 saturated heterocycles. The first-order chi connectivity index (χ1) is 3.70. The Bertz CT molecular complexity index is 74.6. The highest BCUT2D eigenvalue weighted by atomic mass is 19.3. The first kappa shape index (κ1) is 5.99. The first-order valence-corrected chi connectivity index (χ1v) is 2.98. The third-order valence-electron chi connectivity index (χ3n) is 1.77. The highest BCUT2D eigenvalue weighted by molar-refractivity contribution is 4.77. The zero-order valence-electron chi connectivity index (χ0n) is 4.90. The van der Waals surface area contributed by atoms with E-state index in [9.17, 15) is 8.78 Å². The van der Waals surface area contributed by atoms with Gasteiger partial charge in [-0.05, 0) is 18.8 Å². The van der Waals surface area contributed by atoms with Crippen LogP contribution in [0.2, 0.25) is 0 Å². The summed E-state index contributed by atoms with van der Waals surface area (Å²) in [6.45, 7) is 2.01. The molecule has 2 heteroatoms. The van der Waals surface area contributed by atoms with Crippen molar-refractivity contribution in [2.24, 2.45) is 11.8 Å². The predicted octanol–water partition coefficient (Wildman–Crippen LogP) is 2.30. The SMILES string of the molecule is C[C@H]1C[C@H](C(F)F)C1. The first-order valence-electron chi connectivity index (χ1n) is 2.98. The standard InChI is InChI=1S/C6H10F2/c1-4-2-5(3-4)6(7)8/h4-6H,2-3H2,1H3/t4-,5-. The monoisotopic (exact) mass is 120 g/mol. The van der Waals surface area contributed by atoms with Gasteiger partial charge in [0.2, 0.25) is 6.43 Å². The van der Waals surface area contributed by atoms with Crippen LogP contribution in [0.25, 0.3) is 0 Å². The highest BCUT2D eigenvalue weighted by Gasteiger charge is 2.32. The van der Waals surface area contributed by atoms with E-state index >= 15 is 0 Å². The Labute approximate surface area is 47.9 Å². The molecule has 8 heavy (non-hydrogen) atoms. The van der Waals surface area contributed by atoms with Gasteiger partial charge in [-0.3, -0.25) is 0 Å². The van der Waals surface area contributed by atoms with E-state index in [0.717, 1.165) is 12.8 Å². The maximum Gasteiger partial charge on any atom is 0.241 e. The fourth-order valence-corrected chi connectivity index (χ4v) is 1.17. The lowest BCUT2D eigenvalue weighted by atomic mass is 9.76. The molecule has 0 nitrogen and oxygen atoms in total. The Morgan fingerprint density at radius 3 is 2.00 bits per heavy atom. The molecule has 1 rings (SSSR count). The van der Waals surface area contributed by atoms with Crippen LogP contribution in [-0.2, 0) is 0 Å². The summed E-state index contributed by atoms with van der Waals surface area (Å²) in [5.74, 6) is 0.277. The molecular formula is C6H10F2. The van der Waals surface area contributed by atoms with Crippen molar-refractivity contribution in [2.75, 3.05) is 0 Å². The minimum atomic E-state index is -2.06. The minimum absolute atomic E-state index is 0.273. The van der Waals surface area contributed by atoms with Gasteiger partial charge in [0.15, 0.2) is 0 Å². The van der Waals surface area contributed by atoms with Crippen LogP contribution < -0.4 is 0 Å². The topological polar surface area (TPSA) is 0 Å². The van der Waals surface area contributed by atoms with Gasteiger partial charge in [0, 0.05) is 5.92 Å². The molecular weight excluding hydrogens is 110 g/mol. The van der Waals surface area contributed by atoms with E-state index < -0.39 is 6.43 Å². The maximum atomic E-state index is 11.7. The van der Waals surface area contributed by atoms with E-state index in [2.05, 4.69) is 0 Å². The summed E-state index contributed by atoms with van der Waals surface area (Å²) in [4.78, 5) is 0. The molecule has 1 fully saturated rings. The van der Waals surface area contributed by atoms with Crippen LogP contribution in [0.3, 0.4) is 0 Å². The molecule has 1 aliphatic carbocycles. The molecule has 0 heterocycles. The normalized spacial score (nSPS) is 37.5. The number of hydrogen-bond donors (Lipinski definition) is 0. The molecule has 0 unspecified atom stereocenters. The molecule has 0 aromatic rings. The summed E-state index contributed by atoms with van der Waals surface area (Å²) in [6.07, 6.45) is -0.596. The third kappa shape index (κ3) is 0.984. The van der Waals surface area contributed by atoms with Crippen molar-refractivity contribution >= 4 is 0 Å². The smallest absolute Gasteiger partial charge is 0.210 e. The Morgan fingerprint density at radius 1 is 1.38 bits per heavy atom. The van der Waals surface area contributed by atoms with Gasteiger partial charge in [-0.25, -0.2) is 8.78 Å². The molecule has 1 aliphatic rings. The zero-order valence-corrected chi connectivity index (χ0v) is 4.90. The second-order valence-corrected chi connectivity index (χ2v) is 2.67. The lowest BCUT2D eigenvalue weighted by molar-refractivity contribution is 0.00788. The number of hydrogen-bond acceptors (Lipinski definition) is 0. The average Bonchev–Trinajstić information content (AvgIpc) is 1.57. The molecule has 0 atom stereocenters. The Hall–Kier alpha value is -0.140. The second-order valence-electron chi connectivity index (χ2n) is 2.67. The summed E-state index contributed by atoms with van der Waals surface area (Å²) < 4.78 is 23.3. The van der Waals surface area contributed by atoms with E-state index in [1.54, 1.807) is 0 Å². The Balaban J connectivity index is 2.15. The largest absolute Gasteiger partial charge is 0.241 e. The van der Waals surface area contributed by atoms with E-state index in [1.807, 2.05) is 6.92 Å². The molecule has 0 bridgehead atoms. The predicted molar refractivity (Wildman–Crippen MR) is 27.9 cm³/mol. The Kier molecular flexibility index (Phi) is 1.49. The number of halogens is 2. The maximum absolute atomic E-state index is 11.7. The summed E-state index contributed by atoms with van der Waals surface area (Å²) in [7, 11) is 0. The fourth-order valence-electron chi connectivity index (χ4n) is 1.17. The number of alkyl halides is 2. The summed E-state index contributed by atoms with van der Waals surface area (Å²) in [5, 5.41) is 0. The quantitative estimate of drug-likeness (QED) is 0.498. The zero-order chi connectivity index (χ0) is 6.15. The van der Waals surface area contributed by atoms with Crippen LogP contribution in [0.5, 0.6) is 0 Å². The molecule has 0 aromatic heterocycles. The molecule has 0 spiro atoms. The van der Waals surface area contributed by atoms with Crippen LogP contribution in [0, 0.1) is 11.8 Å². The molecule has 0 aliphatic heterocycles. The third-order valence-corrected chi connectivity index (χ3v) is 1.77. The molecule has 1 saturated carbocycles. The molecule has 48 valence electrons. The van der Waals surface area contributed by atoms with Gasteiger partial charge in [-0.2, -0.15) is 0 Å². The number of rotatable bonds is 1. The second kappa shape index (κ2) is 2.00. The van der Waals surface area contributed by atoms with Crippen LogP contribution in [0.1, 0.15) is 19.8 Å². The van der Waals surface area contributed by atoms with Crippen molar-refractivity contribution in [3.8, 4) is 0 Å². The van der Waals surface area contributed by atoms with Crippen molar-refractivity contribution in [1.29, 1.82) is 0 Å². The van der Waals surface area contributed by atoms with Crippen LogP contribution >= 0.6 is 0 Å². The van der Waals surface area contributed by atoms with Crippen molar-refractivity contribution < 1.29 is 8.78 Å². The lowest BCUT2D eigenvalue weighted by Crippen LogP contribution is -2.26. The van der Waals surface area contributed by atoms with Crippen LogP contribution in [-0.4, -0.2) is 6.43 Å². The van der Waals surface area contributed by atoms with E-state index in [0.29, 0.717) is 5.92 Å². The van der Waals surface area contributed by atoms with Crippen molar-refractivity contribution in [3.05, 3.63) is 0 Å². The molecule has 0 amide bonds. The van der Waals surface area contributed by atoms with Gasteiger partial charge in [-0.15, -0.1) is 0 Å². The Morgan fingerprint density at radius 2 is 1.88 bits per heavy atom. The summed E-state index contributed by atoms with van der Waals surface area (Å²) in [6, 6.07) is 0. The van der Waals surface area contributed by atoms with Crippen LogP contribution in [0.15, 0.2) is 0 Å². The minimum Gasteiger partial charge on any atom is -0.210 e. The lowest BCUT2D eigenvalue weighted by Gasteiger charge is -2.31. The van der Waals surface area contributed by atoms with Gasteiger partial charge in [-0.1, -0.05) is 6.92 Å². The average molecular weight is 120 g/mol. The summed E-state index contributed by atoms with van der Waals surface area (Å²) >= 11 is 0. The van der Waals surface area contributed by atoms with Gasteiger partial charge < -0.3 is 0 Å². The van der Waals surface area contributed by atoms with Crippen molar-refractivity contribution in [3.63, 3.8) is 0 Å². The summed E-state index contributed by atoms with van der Waals surface area (Å²) in [5.41, 5.74) is 0. The van der Waals surface area contributed by atoms with E-state index in [1.165, 1.54) is 0 Å².